The quantitative estimate of drug-likeness (QED) is 0.387. The zero-order valence-electron chi connectivity index (χ0n) is 11.6. The van der Waals surface area contributed by atoms with Crippen molar-refractivity contribution in [3.05, 3.63) is 0 Å². The van der Waals surface area contributed by atoms with Crippen LogP contribution in [0.15, 0.2) is 0 Å². The normalized spacial score (nSPS) is 16.8. The predicted octanol–water partition coefficient (Wildman–Crippen LogP) is 2.94. The van der Waals surface area contributed by atoms with Crippen LogP contribution in [0.5, 0.6) is 0 Å². The molecule has 0 radical (unpaired) electrons. The summed E-state index contributed by atoms with van der Waals surface area (Å²) in [5, 5.41) is 19.3. The molecule has 0 saturated heterocycles. The number of aliphatic hydroxyl groups excluding tert-OH is 1. The van der Waals surface area contributed by atoms with E-state index >= 15 is 0 Å². The third kappa shape index (κ3) is 8.58. The Morgan fingerprint density at radius 1 is 0.941 bits per heavy atom. The zero-order valence-corrected chi connectivity index (χ0v) is 11.6. The highest BCUT2D eigenvalue weighted by molar-refractivity contribution is 4.78. The fourth-order valence-corrected chi connectivity index (χ4v) is 1.96. The molecular weight excluding hydrogens is 214 g/mol. The van der Waals surface area contributed by atoms with Crippen molar-refractivity contribution >= 4 is 0 Å². The topological polar surface area (TPSA) is 66.5 Å². The van der Waals surface area contributed by atoms with Gasteiger partial charge in [-0.25, -0.2) is 0 Å². The summed E-state index contributed by atoms with van der Waals surface area (Å²) in [6.07, 6.45) is 10.1. The molecule has 0 aliphatic rings. The van der Waals surface area contributed by atoms with Crippen LogP contribution in [-0.4, -0.2) is 22.0 Å². The van der Waals surface area contributed by atoms with Gasteiger partial charge in [0.1, 0.15) is 5.72 Å². The molecule has 0 aromatic carbocycles. The van der Waals surface area contributed by atoms with E-state index in [0.717, 1.165) is 12.8 Å². The maximum Gasteiger partial charge on any atom is 0.139 e. The van der Waals surface area contributed by atoms with E-state index in [1.54, 1.807) is 6.92 Å². The first kappa shape index (κ1) is 16.9. The van der Waals surface area contributed by atoms with Crippen molar-refractivity contribution in [1.82, 2.24) is 0 Å². The molecule has 2 atom stereocenters. The Morgan fingerprint density at radius 2 is 1.41 bits per heavy atom. The zero-order chi connectivity index (χ0) is 13.1. The Labute approximate surface area is 106 Å². The SMILES string of the molecule is CCCCCCCCCCC(O)C(N)(O)CC. The Kier molecular flexibility index (Phi) is 9.79. The second-order valence-corrected chi connectivity index (χ2v) is 5.12. The van der Waals surface area contributed by atoms with Crippen LogP contribution in [0.3, 0.4) is 0 Å². The van der Waals surface area contributed by atoms with E-state index < -0.39 is 11.8 Å². The van der Waals surface area contributed by atoms with Gasteiger partial charge in [0.15, 0.2) is 0 Å². The summed E-state index contributed by atoms with van der Waals surface area (Å²) in [4.78, 5) is 0. The Morgan fingerprint density at radius 3 is 1.88 bits per heavy atom. The van der Waals surface area contributed by atoms with E-state index in [9.17, 15) is 10.2 Å². The average Bonchev–Trinajstić information content (AvgIpc) is 2.32. The van der Waals surface area contributed by atoms with Gasteiger partial charge >= 0.3 is 0 Å². The molecule has 0 amide bonds. The van der Waals surface area contributed by atoms with Gasteiger partial charge in [-0.05, 0) is 12.8 Å². The number of rotatable bonds is 11. The minimum atomic E-state index is -1.40. The summed E-state index contributed by atoms with van der Waals surface area (Å²) in [5.41, 5.74) is 4.16. The first-order chi connectivity index (χ1) is 8.04. The van der Waals surface area contributed by atoms with Crippen LogP contribution in [0, 0.1) is 0 Å². The van der Waals surface area contributed by atoms with Crippen LogP contribution in [0.4, 0.5) is 0 Å². The van der Waals surface area contributed by atoms with Crippen molar-refractivity contribution in [2.75, 3.05) is 0 Å². The van der Waals surface area contributed by atoms with Gasteiger partial charge in [0, 0.05) is 0 Å². The molecule has 0 saturated carbocycles. The lowest BCUT2D eigenvalue weighted by atomic mass is 9.98. The van der Waals surface area contributed by atoms with Gasteiger partial charge < -0.3 is 15.9 Å². The van der Waals surface area contributed by atoms with E-state index in [-0.39, 0.29) is 0 Å². The highest BCUT2D eigenvalue weighted by atomic mass is 16.4. The van der Waals surface area contributed by atoms with E-state index in [1.807, 2.05) is 0 Å². The molecule has 3 nitrogen and oxygen atoms in total. The molecule has 0 rings (SSSR count). The Hall–Kier alpha value is -0.120. The molecule has 0 aliphatic heterocycles. The van der Waals surface area contributed by atoms with Crippen molar-refractivity contribution in [2.24, 2.45) is 5.73 Å². The molecule has 17 heavy (non-hydrogen) atoms. The minimum absolute atomic E-state index is 0.394. The third-order valence-electron chi connectivity index (χ3n) is 3.47. The summed E-state index contributed by atoms with van der Waals surface area (Å²) in [6.45, 7) is 4.01. The smallest absolute Gasteiger partial charge is 0.139 e. The molecule has 0 heterocycles. The molecule has 0 bridgehead atoms. The lowest BCUT2D eigenvalue weighted by molar-refractivity contribution is -0.0769. The monoisotopic (exact) mass is 245 g/mol. The molecule has 0 aliphatic carbocycles. The Balaban J connectivity index is 3.34. The van der Waals surface area contributed by atoms with Crippen molar-refractivity contribution in [1.29, 1.82) is 0 Å². The standard InChI is InChI=1S/C14H31NO2/c1-3-5-6-7-8-9-10-11-12-13(16)14(15,17)4-2/h13,16-17H,3-12,15H2,1-2H3. The maximum absolute atomic E-state index is 9.67. The van der Waals surface area contributed by atoms with E-state index in [0.29, 0.717) is 12.8 Å². The molecule has 104 valence electrons. The first-order valence-corrected chi connectivity index (χ1v) is 7.24. The van der Waals surface area contributed by atoms with Crippen LogP contribution in [0.2, 0.25) is 0 Å². The lowest BCUT2D eigenvalue weighted by Crippen LogP contribution is -2.50. The molecule has 0 fully saturated rings. The largest absolute Gasteiger partial charge is 0.389 e. The summed E-state index contributed by atoms with van der Waals surface area (Å²) in [6, 6.07) is 0. The van der Waals surface area contributed by atoms with E-state index in [2.05, 4.69) is 6.92 Å². The number of unbranched alkanes of at least 4 members (excludes halogenated alkanes) is 7. The number of hydrogen-bond acceptors (Lipinski definition) is 3. The van der Waals surface area contributed by atoms with Gasteiger partial charge in [0.25, 0.3) is 0 Å². The predicted molar refractivity (Wildman–Crippen MR) is 72.7 cm³/mol. The Bertz CT molecular complexity index is 172. The molecule has 0 spiro atoms. The fourth-order valence-electron chi connectivity index (χ4n) is 1.96. The van der Waals surface area contributed by atoms with Gasteiger partial charge in [0.2, 0.25) is 0 Å². The van der Waals surface area contributed by atoms with Crippen LogP contribution in [-0.2, 0) is 0 Å². The van der Waals surface area contributed by atoms with Gasteiger partial charge in [-0.1, -0.05) is 65.2 Å². The van der Waals surface area contributed by atoms with Gasteiger partial charge in [0.05, 0.1) is 6.10 Å². The second-order valence-electron chi connectivity index (χ2n) is 5.12. The van der Waals surface area contributed by atoms with Crippen LogP contribution >= 0.6 is 0 Å². The average molecular weight is 245 g/mol. The number of hydrogen-bond donors (Lipinski definition) is 3. The van der Waals surface area contributed by atoms with Gasteiger partial charge in [-0.2, -0.15) is 0 Å². The van der Waals surface area contributed by atoms with E-state index in [4.69, 9.17) is 5.73 Å². The highest BCUT2D eigenvalue weighted by Crippen LogP contribution is 2.16. The van der Waals surface area contributed by atoms with Crippen LogP contribution < -0.4 is 5.73 Å². The third-order valence-corrected chi connectivity index (χ3v) is 3.47. The first-order valence-electron chi connectivity index (χ1n) is 7.24. The minimum Gasteiger partial charge on any atom is -0.389 e. The van der Waals surface area contributed by atoms with Crippen molar-refractivity contribution in [3.63, 3.8) is 0 Å². The van der Waals surface area contributed by atoms with Gasteiger partial charge in [-0.3, -0.25) is 0 Å². The number of aliphatic hydroxyl groups is 2. The summed E-state index contributed by atoms with van der Waals surface area (Å²) < 4.78 is 0. The van der Waals surface area contributed by atoms with Crippen LogP contribution in [0.25, 0.3) is 0 Å². The fraction of sp³-hybridized carbons (Fsp3) is 1.00. The van der Waals surface area contributed by atoms with Gasteiger partial charge in [-0.15, -0.1) is 0 Å². The van der Waals surface area contributed by atoms with Crippen LogP contribution in [0.1, 0.15) is 78.1 Å². The van der Waals surface area contributed by atoms with Crippen molar-refractivity contribution in [3.8, 4) is 0 Å². The molecule has 3 heteroatoms. The summed E-state index contributed by atoms with van der Waals surface area (Å²) in [5.74, 6) is 0. The lowest BCUT2D eigenvalue weighted by Gasteiger charge is -2.27. The summed E-state index contributed by atoms with van der Waals surface area (Å²) >= 11 is 0. The number of nitrogens with two attached hydrogens (primary N) is 1. The molecule has 0 aromatic heterocycles. The summed E-state index contributed by atoms with van der Waals surface area (Å²) in [7, 11) is 0. The molecule has 2 unspecified atom stereocenters. The molecular formula is C14H31NO2. The molecule has 4 N–H and O–H groups in total. The maximum atomic E-state index is 9.67. The van der Waals surface area contributed by atoms with Crippen molar-refractivity contribution in [2.45, 2.75) is 89.9 Å². The highest BCUT2D eigenvalue weighted by Gasteiger charge is 2.27. The van der Waals surface area contributed by atoms with E-state index in [1.165, 1.54) is 38.5 Å². The second kappa shape index (κ2) is 9.86. The van der Waals surface area contributed by atoms with Crippen molar-refractivity contribution < 1.29 is 10.2 Å². The molecule has 0 aromatic rings.